The molecule has 0 aliphatic heterocycles. The van der Waals surface area contributed by atoms with Gasteiger partial charge in [0.1, 0.15) is 6.04 Å². The highest BCUT2D eigenvalue weighted by molar-refractivity contribution is 5.87. The van der Waals surface area contributed by atoms with E-state index in [1.807, 2.05) is 72.8 Å². The van der Waals surface area contributed by atoms with Gasteiger partial charge in [-0.15, -0.1) is 0 Å². The molecule has 1 aromatic heterocycles. The Bertz CT molecular complexity index is 1200. The van der Waals surface area contributed by atoms with Crippen molar-refractivity contribution in [2.75, 3.05) is 0 Å². The normalized spacial score (nSPS) is 12.0. The molecular formula is C24H20N2O3. The second-order valence-electron chi connectivity index (χ2n) is 7.02. The van der Waals surface area contributed by atoms with E-state index in [4.69, 9.17) is 0 Å². The third-order valence-electron chi connectivity index (χ3n) is 4.88. The number of amides is 1. The number of aromatic nitrogens is 1. The molecule has 5 heteroatoms. The van der Waals surface area contributed by atoms with E-state index in [-0.39, 0.29) is 18.7 Å². The summed E-state index contributed by atoms with van der Waals surface area (Å²) in [7, 11) is 0. The van der Waals surface area contributed by atoms with Crippen molar-refractivity contribution in [3.05, 3.63) is 90.1 Å². The number of aliphatic carboxylic acids is 1. The SMILES string of the molecule is O=C(Cc1ccc2ccccc2c1)N[C@H](Cc1ccc2ccccc2n1)C(=O)O. The van der Waals surface area contributed by atoms with Crippen LogP contribution in [0.25, 0.3) is 21.7 Å². The average molecular weight is 384 g/mol. The molecule has 2 N–H and O–H groups in total. The molecule has 0 spiro atoms. The van der Waals surface area contributed by atoms with Gasteiger partial charge >= 0.3 is 5.97 Å². The lowest BCUT2D eigenvalue weighted by Crippen LogP contribution is -2.43. The summed E-state index contributed by atoms with van der Waals surface area (Å²) in [6, 6.07) is 24.0. The largest absolute Gasteiger partial charge is 0.480 e. The molecule has 3 aromatic carbocycles. The highest BCUT2D eigenvalue weighted by Gasteiger charge is 2.21. The van der Waals surface area contributed by atoms with E-state index in [2.05, 4.69) is 10.3 Å². The number of benzene rings is 3. The first kappa shape index (κ1) is 18.6. The highest BCUT2D eigenvalue weighted by Crippen LogP contribution is 2.16. The Balaban J connectivity index is 1.46. The molecule has 29 heavy (non-hydrogen) atoms. The smallest absolute Gasteiger partial charge is 0.326 e. The van der Waals surface area contributed by atoms with Crippen LogP contribution in [-0.4, -0.2) is 28.0 Å². The summed E-state index contributed by atoms with van der Waals surface area (Å²) in [4.78, 5) is 28.7. The molecule has 0 bridgehead atoms. The van der Waals surface area contributed by atoms with E-state index in [1.165, 1.54) is 0 Å². The van der Waals surface area contributed by atoms with Crippen LogP contribution in [-0.2, 0) is 22.4 Å². The second kappa shape index (κ2) is 8.10. The molecule has 144 valence electrons. The van der Waals surface area contributed by atoms with Gasteiger partial charge in [-0.3, -0.25) is 9.78 Å². The van der Waals surface area contributed by atoms with Crippen molar-refractivity contribution >= 4 is 33.6 Å². The van der Waals surface area contributed by atoms with Crippen LogP contribution in [0.1, 0.15) is 11.3 Å². The zero-order valence-corrected chi connectivity index (χ0v) is 15.7. The monoisotopic (exact) mass is 384 g/mol. The number of hydrogen-bond acceptors (Lipinski definition) is 3. The van der Waals surface area contributed by atoms with Crippen molar-refractivity contribution in [3.8, 4) is 0 Å². The Hall–Kier alpha value is -3.73. The molecule has 0 fully saturated rings. The Kier molecular flexibility index (Phi) is 5.20. The predicted octanol–water partition coefficient (Wildman–Crippen LogP) is 3.74. The van der Waals surface area contributed by atoms with Crippen LogP contribution >= 0.6 is 0 Å². The lowest BCUT2D eigenvalue weighted by atomic mass is 10.0. The number of rotatable bonds is 6. The predicted molar refractivity (Wildman–Crippen MR) is 113 cm³/mol. The molecule has 0 saturated heterocycles. The maximum Gasteiger partial charge on any atom is 0.326 e. The maximum atomic E-state index is 12.5. The molecule has 0 radical (unpaired) electrons. The van der Waals surface area contributed by atoms with Gasteiger partial charge in [0.2, 0.25) is 5.91 Å². The number of carbonyl (C=O) groups excluding carboxylic acids is 1. The minimum Gasteiger partial charge on any atom is -0.480 e. The van der Waals surface area contributed by atoms with Crippen molar-refractivity contribution in [3.63, 3.8) is 0 Å². The molecule has 5 nitrogen and oxygen atoms in total. The number of para-hydroxylation sites is 1. The van der Waals surface area contributed by atoms with Gasteiger partial charge in [0.25, 0.3) is 0 Å². The first-order chi connectivity index (χ1) is 14.1. The van der Waals surface area contributed by atoms with Crippen LogP contribution in [0.3, 0.4) is 0 Å². The molecule has 4 aromatic rings. The molecular weight excluding hydrogens is 364 g/mol. The van der Waals surface area contributed by atoms with Crippen molar-refractivity contribution in [2.24, 2.45) is 0 Å². The van der Waals surface area contributed by atoms with Crippen molar-refractivity contribution < 1.29 is 14.7 Å². The average Bonchev–Trinajstić information content (AvgIpc) is 2.73. The third-order valence-corrected chi connectivity index (χ3v) is 4.88. The van der Waals surface area contributed by atoms with Gasteiger partial charge in [0, 0.05) is 17.5 Å². The standard InChI is InChI=1S/C24H20N2O3/c27-23(14-16-9-10-17-5-1-2-7-19(17)13-16)26-22(24(28)29)15-20-12-11-18-6-3-4-8-21(18)25-20/h1-13,22H,14-15H2,(H,26,27)(H,28,29)/t22-/m1/s1. The molecule has 0 aliphatic rings. The highest BCUT2D eigenvalue weighted by atomic mass is 16.4. The Labute approximate surface area is 168 Å². The first-order valence-corrected chi connectivity index (χ1v) is 9.43. The fourth-order valence-electron chi connectivity index (χ4n) is 3.41. The fourth-order valence-corrected chi connectivity index (χ4v) is 3.41. The number of pyridine rings is 1. The third kappa shape index (κ3) is 4.41. The zero-order chi connectivity index (χ0) is 20.2. The number of fused-ring (bicyclic) bond motifs is 2. The van der Waals surface area contributed by atoms with Gasteiger partial charge in [-0.25, -0.2) is 4.79 Å². The lowest BCUT2D eigenvalue weighted by Gasteiger charge is -2.15. The van der Waals surface area contributed by atoms with E-state index in [0.717, 1.165) is 27.2 Å². The van der Waals surface area contributed by atoms with E-state index < -0.39 is 12.0 Å². The van der Waals surface area contributed by atoms with Crippen LogP contribution in [0.5, 0.6) is 0 Å². The summed E-state index contributed by atoms with van der Waals surface area (Å²) < 4.78 is 0. The Morgan fingerprint density at radius 1 is 0.862 bits per heavy atom. The molecule has 4 rings (SSSR count). The topological polar surface area (TPSA) is 79.3 Å². The summed E-state index contributed by atoms with van der Waals surface area (Å²) in [5, 5.41) is 15.3. The summed E-state index contributed by atoms with van der Waals surface area (Å²) in [6.07, 6.45) is 0.253. The number of nitrogens with zero attached hydrogens (tertiary/aromatic N) is 1. The molecule has 0 unspecified atom stereocenters. The minimum absolute atomic E-state index is 0.125. The van der Waals surface area contributed by atoms with Gasteiger partial charge in [-0.05, 0) is 28.5 Å². The quantitative estimate of drug-likeness (QED) is 0.531. The first-order valence-electron chi connectivity index (χ1n) is 9.43. The number of carboxylic acids is 1. The van der Waals surface area contributed by atoms with E-state index >= 15 is 0 Å². The Morgan fingerprint density at radius 3 is 2.34 bits per heavy atom. The van der Waals surface area contributed by atoms with Crippen molar-refractivity contribution in [2.45, 2.75) is 18.9 Å². The molecule has 1 amide bonds. The number of carbonyl (C=O) groups is 2. The van der Waals surface area contributed by atoms with Crippen molar-refractivity contribution in [1.29, 1.82) is 0 Å². The number of nitrogens with one attached hydrogen (secondary N) is 1. The van der Waals surface area contributed by atoms with Crippen LogP contribution in [0, 0.1) is 0 Å². The van der Waals surface area contributed by atoms with Gasteiger partial charge in [-0.2, -0.15) is 0 Å². The van der Waals surface area contributed by atoms with Crippen molar-refractivity contribution in [1.82, 2.24) is 10.3 Å². The molecule has 0 aliphatic carbocycles. The molecule has 1 heterocycles. The van der Waals surface area contributed by atoms with Crippen LogP contribution in [0.4, 0.5) is 0 Å². The van der Waals surface area contributed by atoms with Crippen LogP contribution in [0.2, 0.25) is 0 Å². The zero-order valence-electron chi connectivity index (χ0n) is 15.7. The van der Waals surface area contributed by atoms with Gasteiger partial charge in [0.15, 0.2) is 0 Å². The minimum atomic E-state index is -1.08. The summed E-state index contributed by atoms with van der Waals surface area (Å²) in [5.74, 6) is -1.40. The summed E-state index contributed by atoms with van der Waals surface area (Å²) in [6.45, 7) is 0. The second-order valence-corrected chi connectivity index (χ2v) is 7.02. The Morgan fingerprint density at radius 2 is 1.55 bits per heavy atom. The summed E-state index contributed by atoms with van der Waals surface area (Å²) >= 11 is 0. The van der Waals surface area contributed by atoms with Crippen LogP contribution < -0.4 is 5.32 Å². The molecule has 0 saturated carbocycles. The number of carboxylic acid groups (broad SMARTS) is 1. The number of hydrogen-bond donors (Lipinski definition) is 2. The molecule has 1 atom stereocenters. The lowest BCUT2D eigenvalue weighted by molar-refractivity contribution is -0.141. The van der Waals surface area contributed by atoms with Crippen LogP contribution in [0.15, 0.2) is 78.9 Å². The van der Waals surface area contributed by atoms with Gasteiger partial charge in [-0.1, -0.05) is 66.7 Å². The van der Waals surface area contributed by atoms with Gasteiger partial charge in [0.05, 0.1) is 11.9 Å². The van der Waals surface area contributed by atoms with E-state index in [1.54, 1.807) is 6.07 Å². The van der Waals surface area contributed by atoms with Gasteiger partial charge < -0.3 is 10.4 Å². The fraction of sp³-hybridized carbons (Fsp3) is 0.125. The maximum absolute atomic E-state index is 12.5. The van der Waals surface area contributed by atoms with E-state index in [0.29, 0.717) is 5.69 Å². The summed E-state index contributed by atoms with van der Waals surface area (Å²) in [5.41, 5.74) is 2.27. The van der Waals surface area contributed by atoms with E-state index in [9.17, 15) is 14.7 Å².